The van der Waals surface area contributed by atoms with E-state index in [2.05, 4.69) is 0 Å². The first-order valence-electron chi connectivity index (χ1n) is 3.54. The molecule has 0 aliphatic carbocycles. The molecule has 0 rings (SSSR count). The normalized spacial score (nSPS) is 12.5. The maximum atomic E-state index is 5.58. The maximum Gasteiger partial charge on any atom is 0.500 e. The van der Waals surface area contributed by atoms with E-state index in [1.165, 1.54) is 0 Å². The number of halogens is 2. The second-order valence-electron chi connectivity index (χ2n) is 2.23. The van der Waals surface area contributed by atoms with Gasteiger partial charge in [-0.3, -0.25) is 0 Å². The van der Waals surface area contributed by atoms with Crippen LogP contribution >= 0.6 is 23.2 Å². The molecule has 12 heavy (non-hydrogen) atoms. The van der Waals surface area contributed by atoms with Gasteiger partial charge in [0, 0.05) is 27.4 Å². The summed E-state index contributed by atoms with van der Waals surface area (Å²) in [4.78, 5) is -0.391. The molecule has 3 nitrogen and oxygen atoms in total. The van der Waals surface area contributed by atoms with E-state index in [1.54, 1.807) is 21.3 Å². The van der Waals surface area contributed by atoms with E-state index in [0.717, 1.165) is 0 Å². The first-order chi connectivity index (χ1) is 5.60. The average Bonchev–Trinajstić information content (AvgIpc) is 2.08. The van der Waals surface area contributed by atoms with Crippen molar-refractivity contribution in [2.75, 3.05) is 21.3 Å². The van der Waals surface area contributed by atoms with Crippen LogP contribution in [0.25, 0.3) is 0 Å². The van der Waals surface area contributed by atoms with E-state index in [4.69, 9.17) is 36.5 Å². The van der Waals surface area contributed by atoms with E-state index in [0.29, 0.717) is 12.5 Å². The third-order valence-electron chi connectivity index (χ3n) is 1.60. The van der Waals surface area contributed by atoms with Gasteiger partial charge >= 0.3 is 8.80 Å². The van der Waals surface area contributed by atoms with E-state index in [9.17, 15) is 0 Å². The van der Waals surface area contributed by atoms with Crippen LogP contribution in [0.2, 0.25) is 6.04 Å². The topological polar surface area (TPSA) is 27.7 Å². The highest BCUT2D eigenvalue weighted by Crippen LogP contribution is 2.20. The van der Waals surface area contributed by atoms with Crippen LogP contribution in [-0.2, 0) is 13.3 Å². The van der Waals surface area contributed by atoms with Crippen LogP contribution < -0.4 is 0 Å². The molecule has 0 atom stereocenters. The van der Waals surface area contributed by atoms with E-state index < -0.39 is 13.6 Å². The van der Waals surface area contributed by atoms with E-state index in [-0.39, 0.29) is 0 Å². The van der Waals surface area contributed by atoms with Gasteiger partial charge in [0.1, 0.15) is 4.84 Å². The molecule has 0 aromatic heterocycles. The number of rotatable bonds is 6. The second kappa shape index (κ2) is 6.18. The van der Waals surface area contributed by atoms with Gasteiger partial charge in [0.2, 0.25) is 0 Å². The Kier molecular flexibility index (Phi) is 6.53. The van der Waals surface area contributed by atoms with Crippen molar-refractivity contribution in [2.45, 2.75) is 17.3 Å². The Morgan fingerprint density at radius 3 is 1.75 bits per heavy atom. The van der Waals surface area contributed by atoms with Crippen molar-refractivity contribution >= 4 is 32.0 Å². The highest BCUT2D eigenvalue weighted by molar-refractivity contribution is 6.60. The van der Waals surface area contributed by atoms with Crippen LogP contribution in [0.4, 0.5) is 0 Å². The molecule has 0 saturated carbocycles. The minimum absolute atomic E-state index is 0.391. The highest BCUT2D eigenvalue weighted by Gasteiger charge is 2.37. The van der Waals surface area contributed by atoms with Gasteiger partial charge < -0.3 is 13.3 Å². The maximum absolute atomic E-state index is 5.58. The largest absolute Gasteiger partial charge is 0.500 e. The molecular weight excluding hydrogens is 219 g/mol. The Morgan fingerprint density at radius 2 is 1.50 bits per heavy atom. The summed E-state index contributed by atoms with van der Waals surface area (Å²) in [6.45, 7) is 0. The summed E-state index contributed by atoms with van der Waals surface area (Å²) in [5.41, 5.74) is 0. The average molecular weight is 233 g/mol. The molecule has 0 aliphatic heterocycles. The van der Waals surface area contributed by atoms with Crippen LogP contribution in [0.15, 0.2) is 0 Å². The lowest BCUT2D eigenvalue weighted by Crippen LogP contribution is -2.42. The summed E-state index contributed by atoms with van der Waals surface area (Å²) in [7, 11) is 2.25. The zero-order valence-corrected chi connectivity index (χ0v) is 9.98. The van der Waals surface area contributed by atoms with Crippen molar-refractivity contribution in [3.63, 3.8) is 0 Å². The quantitative estimate of drug-likeness (QED) is 0.519. The molecule has 74 valence electrons. The number of alkyl halides is 2. The molecular formula is C6H14Cl2O3Si. The fourth-order valence-electron chi connectivity index (χ4n) is 0.842. The molecule has 0 aliphatic rings. The van der Waals surface area contributed by atoms with E-state index in [1.807, 2.05) is 0 Å². The Morgan fingerprint density at radius 1 is 1.08 bits per heavy atom. The summed E-state index contributed by atoms with van der Waals surface area (Å²) >= 11 is 11.2. The summed E-state index contributed by atoms with van der Waals surface area (Å²) in [5.74, 6) is 0. The molecule has 0 aromatic rings. The molecule has 0 unspecified atom stereocenters. The molecule has 0 bridgehead atoms. The molecule has 6 heteroatoms. The van der Waals surface area contributed by atoms with Gasteiger partial charge in [-0.25, -0.2) is 0 Å². The first kappa shape index (κ1) is 12.7. The van der Waals surface area contributed by atoms with Gasteiger partial charge in [0.15, 0.2) is 0 Å². The molecule has 0 N–H and O–H groups in total. The molecule has 0 spiro atoms. The van der Waals surface area contributed by atoms with Crippen molar-refractivity contribution in [3.05, 3.63) is 0 Å². The third kappa shape index (κ3) is 4.07. The van der Waals surface area contributed by atoms with Gasteiger partial charge in [-0.2, -0.15) is 0 Å². The fourth-order valence-corrected chi connectivity index (χ4v) is 3.18. The minimum atomic E-state index is -2.45. The Hall–Kier alpha value is 0.677. The van der Waals surface area contributed by atoms with Crippen molar-refractivity contribution in [1.29, 1.82) is 0 Å². The molecule has 0 fully saturated rings. The Bertz CT molecular complexity index is 111. The molecule has 0 radical (unpaired) electrons. The van der Waals surface area contributed by atoms with Gasteiger partial charge in [-0.05, 0) is 6.42 Å². The molecule has 0 heterocycles. The smallest absolute Gasteiger partial charge is 0.377 e. The third-order valence-corrected chi connectivity index (χ3v) is 4.81. The Labute approximate surface area is 84.3 Å². The van der Waals surface area contributed by atoms with Crippen LogP contribution in [0, 0.1) is 0 Å². The predicted molar refractivity (Wildman–Crippen MR) is 51.7 cm³/mol. The van der Waals surface area contributed by atoms with Crippen molar-refractivity contribution < 1.29 is 13.3 Å². The zero-order chi connectivity index (χ0) is 9.61. The van der Waals surface area contributed by atoms with E-state index >= 15 is 0 Å². The molecule has 0 aromatic carbocycles. The monoisotopic (exact) mass is 232 g/mol. The lowest BCUT2D eigenvalue weighted by Gasteiger charge is -2.24. The lowest BCUT2D eigenvalue weighted by atomic mass is 10.6. The standard InChI is InChI=1S/C6H14Cl2O3Si/c1-9-12(10-2,11-3)5-4-6(7)8/h6H,4-5H2,1-3H3. The first-order valence-corrected chi connectivity index (χ1v) is 6.34. The van der Waals surface area contributed by atoms with Crippen molar-refractivity contribution in [3.8, 4) is 0 Å². The lowest BCUT2D eigenvalue weighted by molar-refractivity contribution is 0.123. The summed E-state index contributed by atoms with van der Waals surface area (Å²) in [6.07, 6.45) is 0.616. The van der Waals surface area contributed by atoms with Gasteiger partial charge in [0.25, 0.3) is 0 Å². The number of hydrogen-bond donors (Lipinski definition) is 0. The number of hydrogen-bond acceptors (Lipinski definition) is 3. The fraction of sp³-hybridized carbons (Fsp3) is 1.00. The van der Waals surface area contributed by atoms with Crippen LogP contribution in [-0.4, -0.2) is 35.0 Å². The SMILES string of the molecule is CO[Si](CCC(Cl)Cl)(OC)OC. The Balaban J connectivity index is 3.93. The molecule has 0 saturated heterocycles. The van der Waals surface area contributed by atoms with Crippen LogP contribution in [0.3, 0.4) is 0 Å². The predicted octanol–water partition coefficient (Wildman–Crippen LogP) is 2.06. The highest BCUT2D eigenvalue weighted by atomic mass is 35.5. The van der Waals surface area contributed by atoms with Crippen molar-refractivity contribution in [1.82, 2.24) is 0 Å². The summed E-state index contributed by atoms with van der Waals surface area (Å²) in [5, 5.41) is 0. The van der Waals surface area contributed by atoms with Gasteiger partial charge in [-0.1, -0.05) is 0 Å². The summed E-state index contributed by atoms with van der Waals surface area (Å²) in [6, 6.07) is 0.633. The summed E-state index contributed by atoms with van der Waals surface area (Å²) < 4.78 is 15.5. The molecule has 0 amide bonds. The van der Waals surface area contributed by atoms with Gasteiger partial charge in [-0.15, -0.1) is 23.2 Å². The minimum Gasteiger partial charge on any atom is -0.377 e. The zero-order valence-electron chi connectivity index (χ0n) is 7.47. The van der Waals surface area contributed by atoms with Crippen molar-refractivity contribution in [2.24, 2.45) is 0 Å². The second-order valence-corrected chi connectivity index (χ2v) is 6.59. The van der Waals surface area contributed by atoms with Crippen LogP contribution in [0.1, 0.15) is 6.42 Å². The van der Waals surface area contributed by atoms with Gasteiger partial charge in [0.05, 0.1) is 0 Å². The van der Waals surface area contributed by atoms with Crippen LogP contribution in [0.5, 0.6) is 0 Å².